The molecule has 2 N–H and O–H groups in total. The summed E-state index contributed by atoms with van der Waals surface area (Å²) in [6, 6.07) is 4.22. The third-order valence-corrected chi connectivity index (χ3v) is 2.62. The van der Waals surface area contributed by atoms with E-state index in [0.29, 0.717) is 0 Å². The van der Waals surface area contributed by atoms with Crippen molar-refractivity contribution in [3.05, 3.63) is 41.3 Å². The van der Waals surface area contributed by atoms with Gasteiger partial charge in [0.15, 0.2) is 0 Å². The van der Waals surface area contributed by atoms with Crippen LogP contribution in [0.1, 0.15) is 29.8 Å². The zero-order chi connectivity index (χ0) is 11.5. The van der Waals surface area contributed by atoms with Gasteiger partial charge in [-0.05, 0) is 38.5 Å². The Hall–Kier alpha value is -1.84. The fraction of sp³-hybridized carbons (Fsp3) is 0.333. The van der Waals surface area contributed by atoms with Crippen LogP contribution in [0.4, 0.5) is 5.82 Å². The molecule has 2 aromatic heterocycles. The minimum atomic E-state index is 0.202. The Bertz CT molecular complexity index is 475. The number of aryl methyl sites for hydroxylation is 2. The second-order valence-corrected chi connectivity index (χ2v) is 4.03. The number of aromatic nitrogens is 3. The average molecular weight is 216 g/mol. The van der Waals surface area contributed by atoms with E-state index in [1.165, 1.54) is 11.1 Å². The lowest BCUT2D eigenvalue weighted by Gasteiger charge is -2.14. The maximum atomic E-state index is 4.28. The number of nitrogens with one attached hydrogen (secondary N) is 2. The van der Waals surface area contributed by atoms with Gasteiger partial charge in [-0.25, -0.2) is 4.98 Å². The highest BCUT2D eigenvalue weighted by molar-refractivity contribution is 5.40. The average Bonchev–Trinajstić information content (AvgIpc) is 2.64. The molecule has 2 aromatic rings. The van der Waals surface area contributed by atoms with Gasteiger partial charge in [0.2, 0.25) is 0 Å². The van der Waals surface area contributed by atoms with Gasteiger partial charge < -0.3 is 5.32 Å². The van der Waals surface area contributed by atoms with Gasteiger partial charge in [-0.15, -0.1) is 0 Å². The number of nitrogens with zero attached hydrogens (tertiary/aromatic N) is 2. The maximum Gasteiger partial charge on any atom is 0.126 e. The van der Waals surface area contributed by atoms with Crippen molar-refractivity contribution in [3.63, 3.8) is 0 Å². The Balaban J connectivity index is 2.14. The van der Waals surface area contributed by atoms with Gasteiger partial charge in [0.25, 0.3) is 0 Å². The summed E-state index contributed by atoms with van der Waals surface area (Å²) in [4.78, 5) is 4.28. The molecule has 1 unspecified atom stereocenters. The van der Waals surface area contributed by atoms with Gasteiger partial charge in [-0.3, -0.25) is 5.10 Å². The first-order valence-corrected chi connectivity index (χ1v) is 5.36. The molecule has 0 radical (unpaired) electrons. The summed E-state index contributed by atoms with van der Waals surface area (Å²) in [7, 11) is 0. The highest BCUT2D eigenvalue weighted by Crippen LogP contribution is 2.19. The Kier molecular flexibility index (Phi) is 2.90. The number of anilines is 1. The molecule has 0 aliphatic carbocycles. The number of H-pyrrole nitrogens is 1. The third kappa shape index (κ3) is 2.21. The van der Waals surface area contributed by atoms with Gasteiger partial charge in [-0.2, -0.15) is 5.10 Å². The summed E-state index contributed by atoms with van der Waals surface area (Å²) in [5, 5.41) is 10.3. The SMILES string of the molecule is Cc1ccnc(NC(C)c2cn[nH]c2C)c1. The van der Waals surface area contributed by atoms with E-state index < -0.39 is 0 Å². The Morgan fingerprint density at radius 1 is 1.38 bits per heavy atom. The summed E-state index contributed by atoms with van der Waals surface area (Å²) in [5.74, 6) is 0.896. The van der Waals surface area contributed by atoms with Gasteiger partial charge in [0.05, 0.1) is 12.2 Å². The molecule has 0 aliphatic rings. The van der Waals surface area contributed by atoms with Crippen molar-refractivity contribution in [1.82, 2.24) is 15.2 Å². The van der Waals surface area contributed by atoms with E-state index in [1.54, 1.807) is 0 Å². The molecule has 0 spiro atoms. The fourth-order valence-corrected chi connectivity index (χ4v) is 1.71. The predicted molar refractivity (Wildman–Crippen MR) is 64.3 cm³/mol. The molecule has 0 aliphatic heterocycles. The topological polar surface area (TPSA) is 53.6 Å². The zero-order valence-electron chi connectivity index (χ0n) is 9.78. The van der Waals surface area contributed by atoms with E-state index in [-0.39, 0.29) is 6.04 Å². The second kappa shape index (κ2) is 4.35. The molecule has 16 heavy (non-hydrogen) atoms. The first kappa shape index (κ1) is 10.7. The van der Waals surface area contributed by atoms with E-state index in [4.69, 9.17) is 0 Å². The lowest BCUT2D eigenvalue weighted by atomic mass is 10.1. The summed E-state index contributed by atoms with van der Waals surface area (Å²) in [6.07, 6.45) is 3.66. The van der Waals surface area contributed by atoms with Crippen LogP contribution >= 0.6 is 0 Å². The highest BCUT2D eigenvalue weighted by atomic mass is 15.1. The van der Waals surface area contributed by atoms with E-state index in [1.807, 2.05) is 31.5 Å². The lowest BCUT2D eigenvalue weighted by molar-refractivity contribution is 0.864. The predicted octanol–water partition coefficient (Wildman–Crippen LogP) is 2.59. The molecule has 0 amide bonds. The van der Waals surface area contributed by atoms with Crippen LogP contribution in [0.25, 0.3) is 0 Å². The number of hydrogen-bond acceptors (Lipinski definition) is 3. The molecule has 4 nitrogen and oxygen atoms in total. The summed E-state index contributed by atoms with van der Waals surface area (Å²) < 4.78 is 0. The minimum absolute atomic E-state index is 0.202. The van der Waals surface area contributed by atoms with Crippen molar-refractivity contribution in [2.75, 3.05) is 5.32 Å². The van der Waals surface area contributed by atoms with Crippen LogP contribution in [0, 0.1) is 13.8 Å². The Morgan fingerprint density at radius 3 is 2.81 bits per heavy atom. The molecule has 2 rings (SSSR count). The zero-order valence-corrected chi connectivity index (χ0v) is 9.78. The van der Waals surface area contributed by atoms with Gasteiger partial charge in [0.1, 0.15) is 5.82 Å². The van der Waals surface area contributed by atoms with Crippen LogP contribution in [0.5, 0.6) is 0 Å². The summed E-state index contributed by atoms with van der Waals surface area (Å²) >= 11 is 0. The van der Waals surface area contributed by atoms with Gasteiger partial charge in [-0.1, -0.05) is 0 Å². The molecule has 0 fully saturated rings. The quantitative estimate of drug-likeness (QED) is 0.829. The van der Waals surface area contributed by atoms with Gasteiger partial charge >= 0.3 is 0 Å². The highest BCUT2D eigenvalue weighted by Gasteiger charge is 2.10. The monoisotopic (exact) mass is 216 g/mol. The van der Waals surface area contributed by atoms with Crippen LogP contribution in [0.15, 0.2) is 24.5 Å². The van der Waals surface area contributed by atoms with Gasteiger partial charge in [0, 0.05) is 17.5 Å². The number of pyridine rings is 1. The van der Waals surface area contributed by atoms with Crippen molar-refractivity contribution in [2.24, 2.45) is 0 Å². The third-order valence-electron chi connectivity index (χ3n) is 2.62. The van der Waals surface area contributed by atoms with Crippen molar-refractivity contribution in [1.29, 1.82) is 0 Å². The molecule has 0 bridgehead atoms. The van der Waals surface area contributed by atoms with Crippen molar-refractivity contribution in [2.45, 2.75) is 26.8 Å². The van der Waals surface area contributed by atoms with E-state index >= 15 is 0 Å². The van der Waals surface area contributed by atoms with Crippen LogP contribution in [-0.4, -0.2) is 15.2 Å². The molecule has 0 saturated heterocycles. The van der Waals surface area contributed by atoms with E-state index in [9.17, 15) is 0 Å². The largest absolute Gasteiger partial charge is 0.363 e. The molecular weight excluding hydrogens is 200 g/mol. The number of aromatic amines is 1. The molecule has 1 atom stereocenters. The first-order chi connectivity index (χ1) is 7.66. The number of rotatable bonds is 3. The molecule has 4 heteroatoms. The minimum Gasteiger partial charge on any atom is -0.363 e. The summed E-state index contributed by atoms with van der Waals surface area (Å²) in [6.45, 7) is 6.17. The molecule has 2 heterocycles. The van der Waals surface area contributed by atoms with Crippen LogP contribution in [-0.2, 0) is 0 Å². The molecule has 0 aromatic carbocycles. The normalized spacial score (nSPS) is 12.4. The van der Waals surface area contributed by atoms with Crippen molar-refractivity contribution < 1.29 is 0 Å². The fourth-order valence-electron chi connectivity index (χ4n) is 1.71. The van der Waals surface area contributed by atoms with E-state index in [2.05, 4.69) is 34.3 Å². The lowest BCUT2D eigenvalue weighted by Crippen LogP contribution is -2.08. The van der Waals surface area contributed by atoms with Crippen molar-refractivity contribution >= 4 is 5.82 Å². The Labute approximate surface area is 95.1 Å². The van der Waals surface area contributed by atoms with E-state index in [0.717, 1.165) is 11.5 Å². The van der Waals surface area contributed by atoms with Crippen LogP contribution in [0.2, 0.25) is 0 Å². The number of hydrogen-bond donors (Lipinski definition) is 2. The molecule has 0 saturated carbocycles. The molecule has 84 valence electrons. The van der Waals surface area contributed by atoms with Crippen LogP contribution in [0.3, 0.4) is 0 Å². The standard InChI is InChI=1S/C12H16N4/c1-8-4-5-13-12(6-8)15-9(2)11-7-14-16-10(11)3/h4-7,9H,1-3H3,(H,13,15)(H,14,16). The summed E-state index contributed by atoms with van der Waals surface area (Å²) in [5.41, 5.74) is 3.46. The first-order valence-electron chi connectivity index (χ1n) is 5.36. The smallest absolute Gasteiger partial charge is 0.126 e. The molecular formula is C12H16N4. The van der Waals surface area contributed by atoms with Crippen molar-refractivity contribution in [3.8, 4) is 0 Å². The second-order valence-electron chi connectivity index (χ2n) is 4.03. The maximum absolute atomic E-state index is 4.28. The Morgan fingerprint density at radius 2 is 2.19 bits per heavy atom. The van der Waals surface area contributed by atoms with Crippen LogP contribution < -0.4 is 5.32 Å².